The zero-order chi connectivity index (χ0) is 12.9. The molecule has 0 aliphatic heterocycles. The summed E-state index contributed by atoms with van der Waals surface area (Å²) in [5.41, 5.74) is 0.928. The van der Waals surface area contributed by atoms with Gasteiger partial charge in [-0.3, -0.25) is 0 Å². The predicted molar refractivity (Wildman–Crippen MR) is 74.7 cm³/mol. The van der Waals surface area contributed by atoms with Gasteiger partial charge in [0.05, 0.1) is 0 Å². The Labute approximate surface area is 112 Å². The minimum Gasteiger partial charge on any atom is -0.319 e. The first-order valence-electron chi connectivity index (χ1n) is 6.09. The zero-order valence-electron chi connectivity index (χ0n) is 10.8. The zero-order valence-corrected chi connectivity index (χ0v) is 12.4. The van der Waals surface area contributed by atoms with Crippen molar-refractivity contribution in [3.8, 4) is 0 Å². The maximum Gasteiger partial charge on any atom is 0.127 e. The fraction of sp³-hybridized carbons (Fsp3) is 0.571. The molecule has 1 rings (SSSR count). The molecule has 0 bridgehead atoms. The van der Waals surface area contributed by atoms with Gasteiger partial charge in [0.15, 0.2) is 0 Å². The Kier molecular flexibility index (Phi) is 5.60. The molecule has 1 aromatic carbocycles. The lowest BCUT2D eigenvalue weighted by Crippen LogP contribution is -2.32. The number of nitrogens with one attached hydrogen (secondary N) is 1. The summed E-state index contributed by atoms with van der Waals surface area (Å²) in [5, 5.41) is 3.21. The standard InChI is InChI=1S/C14H21BrFN/c1-4-7-14(2,10-17-3)9-11-5-6-12(15)8-13(11)16/h5-6,8,17H,4,7,9-10H2,1-3H3. The second kappa shape index (κ2) is 6.50. The monoisotopic (exact) mass is 301 g/mol. The van der Waals surface area contributed by atoms with Gasteiger partial charge >= 0.3 is 0 Å². The molecule has 0 aliphatic carbocycles. The van der Waals surface area contributed by atoms with Crippen LogP contribution in [0, 0.1) is 11.2 Å². The van der Waals surface area contributed by atoms with E-state index in [4.69, 9.17) is 0 Å². The van der Waals surface area contributed by atoms with Crippen LogP contribution in [0.2, 0.25) is 0 Å². The Morgan fingerprint density at radius 3 is 2.65 bits per heavy atom. The van der Waals surface area contributed by atoms with Crippen molar-refractivity contribution in [2.75, 3.05) is 13.6 Å². The van der Waals surface area contributed by atoms with Crippen molar-refractivity contribution < 1.29 is 4.39 Å². The van der Waals surface area contributed by atoms with Gasteiger partial charge in [-0.1, -0.05) is 42.3 Å². The van der Waals surface area contributed by atoms with E-state index in [1.807, 2.05) is 19.2 Å². The van der Waals surface area contributed by atoms with Gasteiger partial charge in [0, 0.05) is 11.0 Å². The number of rotatable bonds is 6. The van der Waals surface area contributed by atoms with Gasteiger partial charge in [0.2, 0.25) is 0 Å². The number of hydrogen-bond acceptors (Lipinski definition) is 1. The SMILES string of the molecule is CCCC(C)(CNC)Cc1ccc(Br)cc1F. The molecule has 0 spiro atoms. The molecule has 0 amide bonds. The Morgan fingerprint density at radius 2 is 2.12 bits per heavy atom. The molecular formula is C14H21BrFN. The second-order valence-corrected chi connectivity index (χ2v) is 5.92. The molecule has 0 fully saturated rings. The molecule has 3 heteroatoms. The van der Waals surface area contributed by atoms with E-state index >= 15 is 0 Å². The number of benzene rings is 1. The molecule has 0 radical (unpaired) electrons. The minimum atomic E-state index is -0.113. The van der Waals surface area contributed by atoms with Crippen molar-refractivity contribution in [1.29, 1.82) is 0 Å². The topological polar surface area (TPSA) is 12.0 Å². The number of halogens is 2. The van der Waals surface area contributed by atoms with E-state index in [0.717, 1.165) is 35.8 Å². The molecule has 17 heavy (non-hydrogen) atoms. The highest BCUT2D eigenvalue weighted by Crippen LogP contribution is 2.29. The molecule has 1 N–H and O–H groups in total. The van der Waals surface area contributed by atoms with Crippen molar-refractivity contribution in [2.24, 2.45) is 5.41 Å². The summed E-state index contributed by atoms with van der Waals surface area (Å²) < 4.78 is 14.6. The lowest BCUT2D eigenvalue weighted by Gasteiger charge is -2.29. The van der Waals surface area contributed by atoms with Crippen LogP contribution >= 0.6 is 15.9 Å². The largest absolute Gasteiger partial charge is 0.319 e. The molecule has 0 saturated carbocycles. The van der Waals surface area contributed by atoms with E-state index in [1.54, 1.807) is 6.07 Å². The van der Waals surface area contributed by atoms with Gasteiger partial charge in [-0.15, -0.1) is 0 Å². The first kappa shape index (κ1) is 14.7. The van der Waals surface area contributed by atoms with Gasteiger partial charge in [0.25, 0.3) is 0 Å². The summed E-state index contributed by atoms with van der Waals surface area (Å²) in [5.74, 6) is -0.113. The Morgan fingerprint density at radius 1 is 1.41 bits per heavy atom. The third-order valence-corrected chi connectivity index (χ3v) is 3.58. The maximum atomic E-state index is 13.8. The molecule has 0 aliphatic rings. The molecule has 1 nitrogen and oxygen atoms in total. The van der Waals surface area contributed by atoms with Gasteiger partial charge < -0.3 is 5.32 Å². The fourth-order valence-electron chi connectivity index (χ4n) is 2.39. The summed E-state index contributed by atoms with van der Waals surface area (Å²) in [6.07, 6.45) is 3.00. The minimum absolute atomic E-state index is 0.113. The fourth-order valence-corrected chi connectivity index (χ4v) is 2.73. The second-order valence-electron chi connectivity index (χ2n) is 5.00. The van der Waals surface area contributed by atoms with E-state index in [1.165, 1.54) is 0 Å². The van der Waals surface area contributed by atoms with E-state index in [2.05, 4.69) is 35.1 Å². The van der Waals surface area contributed by atoms with Crippen molar-refractivity contribution in [2.45, 2.75) is 33.1 Å². The highest BCUT2D eigenvalue weighted by atomic mass is 79.9. The van der Waals surface area contributed by atoms with Crippen molar-refractivity contribution in [1.82, 2.24) is 5.32 Å². The van der Waals surface area contributed by atoms with Crippen LogP contribution in [0.5, 0.6) is 0 Å². The van der Waals surface area contributed by atoms with Crippen LogP contribution in [0.1, 0.15) is 32.3 Å². The molecule has 1 aromatic rings. The Balaban J connectivity index is 2.85. The van der Waals surface area contributed by atoms with Crippen molar-refractivity contribution in [3.05, 3.63) is 34.1 Å². The highest BCUT2D eigenvalue weighted by Gasteiger charge is 2.24. The summed E-state index contributed by atoms with van der Waals surface area (Å²) in [4.78, 5) is 0. The smallest absolute Gasteiger partial charge is 0.127 e. The summed E-state index contributed by atoms with van der Waals surface area (Å²) in [6, 6.07) is 5.33. The van der Waals surface area contributed by atoms with Crippen LogP contribution < -0.4 is 5.32 Å². The third-order valence-electron chi connectivity index (χ3n) is 3.09. The maximum absolute atomic E-state index is 13.8. The summed E-state index contributed by atoms with van der Waals surface area (Å²) >= 11 is 3.29. The lowest BCUT2D eigenvalue weighted by molar-refractivity contribution is 0.279. The molecule has 96 valence electrons. The average molecular weight is 302 g/mol. The molecule has 0 saturated heterocycles. The normalized spacial score (nSPS) is 14.6. The van der Waals surface area contributed by atoms with E-state index < -0.39 is 0 Å². The molecule has 0 aromatic heterocycles. The quantitative estimate of drug-likeness (QED) is 0.832. The lowest BCUT2D eigenvalue weighted by atomic mass is 9.79. The van der Waals surface area contributed by atoms with Crippen LogP contribution in [-0.4, -0.2) is 13.6 Å². The van der Waals surface area contributed by atoms with Crippen molar-refractivity contribution >= 4 is 15.9 Å². The van der Waals surface area contributed by atoms with Gasteiger partial charge in [-0.05, 0) is 43.0 Å². The van der Waals surface area contributed by atoms with Crippen molar-refractivity contribution in [3.63, 3.8) is 0 Å². The predicted octanol–water partition coefficient (Wildman–Crippen LogP) is 4.16. The van der Waals surface area contributed by atoms with Crippen LogP contribution in [0.25, 0.3) is 0 Å². The van der Waals surface area contributed by atoms with E-state index in [0.29, 0.717) is 0 Å². The highest BCUT2D eigenvalue weighted by molar-refractivity contribution is 9.10. The van der Waals surface area contributed by atoms with Crippen LogP contribution in [0.3, 0.4) is 0 Å². The Bertz CT molecular complexity index is 359. The van der Waals surface area contributed by atoms with Crippen LogP contribution in [0.4, 0.5) is 4.39 Å². The summed E-state index contributed by atoms with van der Waals surface area (Å²) in [6.45, 7) is 5.30. The Hall–Kier alpha value is -0.410. The molecule has 0 heterocycles. The third kappa shape index (κ3) is 4.40. The number of hydrogen-bond donors (Lipinski definition) is 1. The first-order chi connectivity index (χ1) is 8.00. The first-order valence-corrected chi connectivity index (χ1v) is 6.88. The van der Waals surface area contributed by atoms with Gasteiger partial charge in [-0.2, -0.15) is 0 Å². The van der Waals surface area contributed by atoms with Gasteiger partial charge in [0.1, 0.15) is 5.82 Å². The van der Waals surface area contributed by atoms with Crippen LogP contribution in [-0.2, 0) is 6.42 Å². The van der Waals surface area contributed by atoms with E-state index in [9.17, 15) is 4.39 Å². The molecule has 1 unspecified atom stereocenters. The van der Waals surface area contributed by atoms with E-state index in [-0.39, 0.29) is 11.2 Å². The van der Waals surface area contributed by atoms with Gasteiger partial charge in [-0.25, -0.2) is 4.39 Å². The molecular weight excluding hydrogens is 281 g/mol. The summed E-state index contributed by atoms with van der Waals surface area (Å²) in [7, 11) is 1.95. The van der Waals surface area contributed by atoms with Crippen LogP contribution in [0.15, 0.2) is 22.7 Å². The average Bonchev–Trinajstić information content (AvgIpc) is 2.23. The molecule has 1 atom stereocenters.